The smallest absolute Gasteiger partial charge is 0.213 e. The minimum atomic E-state index is 0.170. The molecule has 70 valence electrons. The van der Waals surface area contributed by atoms with Crippen molar-refractivity contribution >= 4 is 5.57 Å². The molecule has 0 aromatic carbocycles. The van der Waals surface area contributed by atoms with Gasteiger partial charge in [-0.25, -0.2) is 4.98 Å². The van der Waals surface area contributed by atoms with Gasteiger partial charge in [0.1, 0.15) is 0 Å². The normalized spacial score (nSPS) is 10.2. The third-order valence-corrected chi connectivity index (χ3v) is 1.59. The number of nitrogens with zero attached hydrogens (tertiary/aromatic N) is 1. The molecule has 0 saturated heterocycles. The van der Waals surface area contributed by atoms with Gasteiger partial charge in [-0.05, 0) is 38.0 Å². The molecule has 0 atom stereocenters. The van der Waals surface area contributed by atoms with E-state index in [4.69, 9.17) is 4.74 Å². The molecule has 0 aliphatic carbocycles. The van der Waals surface area contributed by atoms with Crippen LogP contribution in [0.2, 0.25) is 0 Å². The summed E-state index contributed by atoms with van der Waals surface area (Å²) in [5.41, 5.74) is 2.07. The lowest BCUT2D eigenvalue weighted by atomic mass is 10.2. The Hall–Kier alpha value is -1.31. The molecule has 0 aliphatic heterocycles. The van der Waals surface area contributed by atoms with Crippen LogP contribution in [-0.2, 0) is 0 Å². The van der Waals surface area contributed by atoms with Crippen LogP contribution in [0.25, 0.3) is 5.57 Å². The second-order valence-electron chi connectivity index (χ2n) is 3.33. The topological polar surface area (TPSA) is 22.1 Å². The lowest BCUT2D eigenvalue weighted by Crippen LogP contribution is -2.06. The summed E-state index contributed by atoms with van der Waals surface area (Å²) in [6, 6.07) is 3.83. The molecule has 2 nitrogen and oxygen atoms in total. The van der Waals surface area contributed by atoms with Crippen molar-refractivity contribution in [1.29, 1.82) is 0 Å². The highest BCUT2D eigenvalue weighted by molar-refractivity contribution is 5.60. The first-order valence-corrected chi connectivity index (χ1v) is 4.38. The van der Waals surface area contributed by atoms with Gasteiger partial charge in [-0.1, -0.05) is 6.58 Å². The van der Waals surface area contributed by atoms with E-state index in [-0.39, 0.29) is 6.10 Å². The zero-order chi connectivity index (χ0) is 9.84. The van der Waals surface area contributed by atoms with E-state index in [1.165, 1.54) is 0 Å². The molecule has 13 heavy (non-hydrogen) atoms. The van der Waals surface area contributed by atoms with Crippen LogP contribution >= 0.6 is 0 Å². The van der Waals surface area contributed by atoms with Crippen LogP contribution in [0, 0.1) is 0 Å². The fourth-order valence-corrected chi connectivity index (χ4v) is 0.944. The van der Waals surface area contributed by atoms with E-state index in [1.54, 1.807) is 6.20 Å². The minimum Gasteiger partial charge on any atom is -0.475 e. The number of hydrogen-bond acceptors (Lipinski definition) is 2. The van der Waals surface area contributed by atoms with Crippen LogP contribution in [-0.4, -0.2) is 11.1 Å². The second-order valence-corrected chi connectivity index (χ2v) is 3.33. The molecule has 0 aliphatic rings. The summed E-state index contributed by atoms with van der Waals surface area (Å²) in [5, 5.41) is 0. The molecule has 2 heteroatoms. The first-order valence-electron chi connectivity index (χ1n) is 4.38. The molecule has 0 fully saturated rings. The quantitative estimate of drug-likeness (QED) is 0.708. The van der Waals surface area contributed by atoms with Gasteiger partial charge in [-0.3, -0.25) is 0 Å². The number of pyridine rings is 1. The van der Waals surface area contributed by atoms with Crippen molar-refractivity contribution in [3.05, 3.63) is 30.5 Å². The van der Waals surface area contributed by atoms with Gasteiger partial charge in [-0.15, -0.1) is 0 Å². The van der Waals surface area contributed by atoms with Gasteiger partial charge in [-0.2, -0.15) is 0 Å². The fraction of sp³-hybridized carbons (Fsp3) is 0.364. The molecular weight excluding hydrogens is 162 g/mol. The van der Waals surface area contributed by atoms with Gasteiger partial charge < -0.3 is 4.74 Å². The van der Waals surface area contributed by atoms with E-state index in [0.29, 0.717) is 5.88 Å². The third kappa shape index (κ3) is 2.90. The summed E-state index contributed by atoms with van der Waals surface area (Å²) < 4.78 is 5.41. The Morgan fingerprint density at radius 1 is 1.46 bits per heavy atom. The van der Waals surface area contributed by atoms with Gasteiger partial charge in [0.25, 0.3) is 0 Å². The van der Waals surface area contributed by atoms with Crippen molar-refractivity contribution in [3.8, 4) is 5.88 Å². The summed E-state index contributed by atoms with van der Waals surface area (Å²) >= 11 is 0. The van der Waals surface area contributed by atoms with Gasteiger partial charge in [0.05, 0.1) is 6.10 Å². The highest BCUT2D eigenvalue weighted by Crippen LogP contribution is 2.14. The maximum absolute atomic E-state index is 5.41. The van der Waals surface area contributed by atoms with Crippen molar-refractivity contribution < 1.29 is 4.74 Å². The van der Waals surface area contributed by atoms with Gasteiger partial charge >= 0.3 is 0 Å². The zero-order valence-electron chi connectivity index (χ0n) is 8.37. The molecule has 1 aromatic heterocycles. The lowest BCUT2D eigenvalue weighted by molar-refractivity contribution is 0.232. The first-order chi connectivity index (χ1) is 6.09. The van der Waals surface area contributed by atoms with Crippen molar-refractivity contribution in [2.24, 2.45) is 0 Å². The number of allylic oxidation sites excluding steroid dienone is 1. The molecular formula is C11H15NO. The summed E-state index contributed by atoms with van der Waals surface area (Å²) in [6.07, 6.45) is 1.95. The molecule has 0 radical (unpaired) electrons. The number of rotatable bonds is 3. The maximum atomic E-state index is 5.41. The molecule has 0 bridgehead atoms. The van der Waals surface area contributed by atoms with Crippen molar-refractivity contribution in [2.75, 3.05) is 0 Å². The molecule has 1 aromatic rings. The van der Waals surface area contributed by atoms with E-state index in [0.717, 1.165) is 11.1 Å². The molecule has 0 unspecified atom stereocenters. The van der Waals surface area contributed by atoms with E-state index in [2.05, 4.69) is 11.6 Å². The molecule has 0 spiro atoms. The second kappa shape index (κ2) is 4.08. The Balaban J connectivity index is 2.75. The predicted octanol–water partition coefficient (Wildman–Crippen LogP) is 2.90. The van der Waals surface area contributed by atoms with Crippen molar-refractivity contribution in [3.63, 3.8) is 0 Å². The largest absolute Gasteiger partial charge is 0.475 e. The summed E-state index contributed by atoms with van der Waals surface area (Å²) in [5.74, 6) is 0.667. The van der Waals surface area contributed by atoms with Crippen LogP contribution in [0.15, 0.2) is 24.9 Å². The monoisotopic (exact) mass is 177 g/mol. The van der Waals surface area contributed by atoms with E-state index < -0.39 is 0 Å². The molecule has 0 amide bonds. The number of hydrogen-bond donors (Lipinski definition) is 0. The van der Waals surface area contributed by atoms with Crippen LogP contribution in [0.3, 0.4) is 0 Å². The summed E-state index contributed by atoms with van der Waals surface area (Å²) in [7, 11) is 0. The maximum Gasteiger partial charge on any atom is 0.213 e. The predicted molar refractivity (Wildman–Crippen MR) is 54.7 cm³/mol. The Bertz CT molecular complexity index is 287. The highest BCUT2D eigenvalue weighted by Gasteiger charge is 1.99. The first kappa shape index (κ1) is 9.78. The van der Waals surface area contributed by atoms with Crippen LogP contribution in [0.5, 0.6) is 5.88 Å². The molecule has 1 rings (SSSR count). The van der Waals surface area contributed by atoms with E-state index in [9.17, 15) is 0 Å². The van der Waals surface area contributed by atoms with Gasteiger partial charge in [0.2, 0.25) is 5.88 Å². The van der Waals surface area contributed by atoms with Crippen molar-refractivity contribution in [2.45, 2.75) is 26.9 Å². The Labute approximate surface area is 79.3 Å². The van der Waals surface area contributed by atoms with Crippen LogP contribution in [0.4, 0.5) is 0 Å². The summed E-state index contributed by atoms with van der Waals surface area (Å²) in [4.78, 5) is 4.16. The zero-order valence-corrected chi connectivity index (χ0v) is 8.37. The summed E-state index contributed by atoms with van der Waals surface area (Å²) in [6.45, 7) is 9.75. The molecule has 0 saturated carbocycles. The fourth-order valence-electron chi connectivity index (χ4n) is 0.944. The average molecular weight is 177 g/mol. The highest BCUT2D eigenvalue weighted by atomic mass is 16.5. The average Bonchev–Trinajstić information content (AvgIpc) is 2.04. The lowest BCUT2D eigenvalue weighted by Gasteiger charge is -2.08. The Kier molecular flexibility index (Phi) is 3.07. The number of ether oxygens (including phenoxy) is 1. The minimum absolute atomic E-state index is 0.170. The third-order valence-electron chi connectivity index (χ3n) is 1.59. The molecule has 1 heterocycles. The van der Waals surface area contributed by atoms with Gasteiger partial charge in [0, 0.05) is 12.3 Å². The van der Waals surface area contributed by atoms with Gasteiger partial charge in [0.15, 0.2) is 0 Å². The van der Waals surface area contributed by atoms with Crippen LogP contribution < -0.4 is 4.74 Å². The van der Waals surface area contributed by atoms with Crippen LogP contribution in [0.1, 0.15) is 26.3 Å². The standard InChI is InChI=1S/C11H15NO/c1-8(2)10-5-6-11(12-7-10)13-9(3)4/h5-7,9H,1H2,2-4H3. The van der Waals surface area contributed by atoms with E-state index >= 15 is 0 Å². The SMILES string of the molecule is C=C(C)c1ccc(OC(C)C)nc1. The van der Waals surface area contributed by atoms with E-state index in [1.807, 2.05) is 32.9 Å². The molecule has 0 N–H and O–H groups in total. The van der Waals surface area contributed by atoms with Crippen molar-refractivity contribution in [1.82, 2.24) is 4.98 Å². The number of aromatic nitrogens is 1. The Morgan fingerprint density at radius 2 is 2.15 bits per heavy atom. The Morgan fingerprint density at radius 3 is 2.54 bits per heavy atom.